The second-order valence-electron chi connectivity index (χ2n) is 5.92. The second-order valence-corrected chi connectivity index (χ2v) is 5.92. The van der Waals surface area contributed by atoms with Crippen LogP contribution in [0.1, 0.15) is 19.4 Å². The first-order valence-electron chi connectivity index (χ1n) is 7.62. The number of ether oxygens (including phenoxy) is 1. The lowest BCUT2D eigenvalue weighted by atomic mass is 10.0. The van der Waals surface area contributed by atoms with Gasteiger partial charge >= 0.3 is 5.97 Å². The summed E-state index contributed by atoms with van der Waals surface area (Å²) in [5.74, 6) is -0.904. The summed E-state index contributed by atoms with van der Waals surface area (Å²) in [6.07, 6.45) is 2.25. The number of hydrogen-bond donors (Lipinski definition) is 3. The van der Waals surface area contributed by atoms with Crippen LogP contribution in [0.3, 0.4) is 0 Å². The van der Waals surface area contributed by atoms with Gasteiger partial charge in [0.25, 0.3) is 0 Å². The third-order valence-corrected chi connectivity index (χ3v) is 3.87. The van der Waals surface area contributed by atoms with E-state index in [-0.39, 0.29) is 11.8 Å². The minimum atomic E-state index is -0.736. The minimum Gasteiger partial charge on any atom is -0.467 e. The summed E-state index contributed by atoms with van der Waals surface area (Å²) in [7, 11) is 1.30. The van der Waals surface area contributed by atoms with Gasteiger partial charge in [0.05, 0.1) is 13.2 Å². The number of methoxy groups -OCH3 is 1. The first-order valence-corrected chi connectivity index (χ1v) is 7.62. The van der Waals surface area contributed by atoms with Crippen molar-refractivity contribution in [2.45, 2.75) is 32.4 Å². The zero-order valence-electron chi connectivity index (χ0n) is 13.6. The number of H-pyrrole nitrogens is 1. The monoisotopic (exact) mass is 317 g/mol. The van der Waals surface area contributed by atoms with Crippen LogP contribution < -0.4 is 11.1 Å². The van der Waals surface area contributed by atoms with Gasteiger partial charge in [-0.1, -0.05) is 32.0 Å². The highest BCUT2D eigenvalue weighted by atomic mass is 16.5. The molecule has 0 saturated carbocycles. The quantitative estimate of drug-likeness (QED) is 0.701. The van der Waals surface area contributed by atoms with Crippen LogP contribution in [0.15, 0.2) is 30.5 Å². The van der Waals surface area contributed by atoms with Crippen LogP contribution in [0.5, 0.6) is 0 Å². The zero-order chi connectivity index (χ0) is 17.0. The molecule has 2 rings (SSSR count). The van der Waals surface area contributed by atoms with E-state index in [1.54, 1.807) is 0 Å². The average Bonchev–Trinajstić information content (AvgIpc) is 2.94. The lowest BCUT2D eigenvalue weighted by Gasteiger charge is -2.21. The zero-order valence-corrected chi connectivity index (χ0v) is 13.6. The van der Waals surface area contributed by atoms with Gasteiger partial charge in [0.2, 0.25) is 5.91 Å². The number of fused-ring (bicyclic) bond motifs is 1. The van der Waals surface area contributed by atoms with Crippen molar-refractivity contribution in [2.24, 2.45) is 11.7 Å². The predicted molar refractivity (Wildman–Crippen MR) is 88.8 cm³/mol. The Morgan fingerprint density at radius 2 is 2.00 bits per heavy atom. The van der Waals surface area contributed by atoms with Crippen LogP contribution in [0.25, 0.3) is 10.9 Å². The second kappa shape index (κ2) is 7.28. The lowest BCUT2D eigenvalue weighted by Crippen LogP contribution is -2.51. The number of carbonyl (C=O) groups excluding carboxylic acids is 2. The predicted octanol–water partition coefficient (Wildman–Crippen LogP) is 1.35. The molecule has 1 aromatic carbocycles. The molecular formula is C17H23N3O3. The molecule has 2 atom stereocenters. The van der Waals surface area contributed by atoms with E-state index in [9.17, 15) is 9.59 Å². The summed E-state index contributed by atoms with van der Waals surface area (Å²) in [4.78, 5) is 27.2. The Hall–Kier alpha value is -2.34. The summed E-state index contributed by atoms with van der Waals surface area (Å²) < 4.78 is 4.72. The molecule has 0 spiro atoms. The van der Waals surface area contributed by atoms with E-state index in [0.29, 0.717) is 6.42 Å². The summed E-state index contributed by atoms with van der Waals surface area (Å²) in [6.45, 7) is 3.68. The maximum atomic E-state index is 12.3. The molecule has 1 heterocycles. The number of nitrogens with one attached hydrogen (secondary N) is 2. The molecule has 124 valence electrons. The van der Waals surface area contributed by atoms with Crippen molar-refractivity contribution in [1.82, 2.24) is 10.3 Å². The Kier molecular flexibility index (Phi) is 5.39. The van der Waals surface area contributed by atoms with Gasteiger partial charge in [-0.15, -0.1) is 0 Å². The van der Waals surface area contributed by atoms with Gasteiger partial charge in [0.15, 0.2) is 0 Å². The number of hydrogen-bond acceptors (Lipinski definition) is 4. The Labute approximate surface area is 135 Å². The van der Waals surface area contributed by atoms with E-state index in [1.807, 2.05) is 44.3 Å². The van der Waals surface area contributed by atoms with Crippen LogP contribution >= 0.6 is 0 Å². The Morgan fingerprint density at radius 1 is 1.30 bits per heavy atom. The molecule has 1 aromatic heterocycles. The van der Waals surface area contributed by atoms with Crippen LogP contribution in [-0.2, 0) is 20.7 Å². The fourth-order valence-corrected chi connectivity index (χ4v) is 2.52. The molecule has 23 heavy (non-hydrogen) atoms. The highest BCUT2D eigenvalue weighted by molar-refractivity contribution is 5.89. The third kappa shape index (κ3) is 3.90. The van der Waals surface area contributed by atoms with Crippen LogP contribution in [0.2, 0.25) is 0 Å². The van der Waals surface area contributed by atoms with E-state index >= 15 is 0 Å². The van der Waals surface area contributed by atoms with E-state index in [0.717, 1.165) is 16.5 Å². The summed E-state index contributed by atoms with van der Waals surface area (Å²) in [5, 5.41) is 3.72. The summed E-state index contributed by atoms with van der Waals surface area (Å²) in [6, 6.07) is 6.41. The van der Waals surface area contributed by atoms with Crippen LogP contribution in [0, 0.1) is 5.92 Å². The smallest absolute Gasteiger partial charge is 0.328 e. The van der Waals surface area contributed by atoms with Crippen molar-refractivity contribution < 1.29 is 14.3 Å². The average molecular weight is 317 g/mol. The number of esters is 1. The van der Waals surface area contributed by atoms with E-state index in [2.05, 4.69) is 10.3 Å². The molecular weight excluding hydrogens is 294 g/mol. The Balaban J connectivity index is 2.06. The molecule has 6 nitrogen and oxygen atoms in total. The molecule has 0 aliphatic carbocycles. The number of nitrogens with two attached hydrogens (primary N) is 1. The van der Waals surface area contributed by atoms with Gasteiger partial charge in [-0.3, -0.25) is 4.79 Å². The van der Waals surface area contributed by atoms with Gasteiger partial charge in [-0.2, -0.15) is 0 Å². The number of benzene rings is 1. The summed E-state index contributed by atoms with van der Waals surface area (Å²) in [5.41, 5.74) is 7.99. The number of amides is 1. The molecule has 0 saturated heterocycles. The first-order chi connectivity index (χ1) is 10.9. The molecule has 4 N–H and O–H groups in total. The van der Waals surface area contributed by atoms with E-state index in [4.69, 9.17) is 10.5 Å². The highest BCUT2D eigenvalue weighted by Crippen LogP contribution is 2.18. The molecule has 2 aromatic rings. The summed E-state index contributed by atoms with van der Waals surface area (Å²) >= 11 is 0. The van der Waals surface area contributed by atoms with E-state index in [1.165, 1.54) is 7.11 Å². The van der Waals surface area contributed by atoms with Crippen LogP contribution in [0.4, 0.5) is 0 Å². The maximum absolute atomic E-state index is 12.3. The number of aromatic amines is 1. The molecule has 0 aliphatic heterocycles. The SMILES string of the molecule is COC(=O)C(NC(=O)C(N)Cc1c[nH]c2ccccc12)C(C)C. The van der Waals surface area contributed by atoms with Crippen molar-refractivity contribution in [3.63, 3.8) is 0 Å². The van der Waals surface area contributed by atoms with Gasteiger partial charge < -0.3 is 20.8 Å². The molecule has 0 radical (unpaired) electrons. The molecule has 0 bridgehead atoms. The topological polar surface area (TPSA) is 97.2 Å². The molecule has 1 amide bonds. The van der Waals surface area contributed by atoms with Gasteiger partial charge in [0, 0.05) is 17.1 Å². The van der Waals surface area contributed by atoms with Crippen molar-refractivity contribution in [3.8, 4) is 0 Å². The van der Waals surface area contributed by atoms with E-state index < -0.39 is 18.1 Å². The number of carbonyl (C=O) groups is 2. The van der Waals surface area contributed by atoms with Gasteiger partial charge in [0.1, 0.15) is 6.04 Å². The highest BCUT2D eigenvalue weighted by Gasteiger charge is 2.27. The van der Waals surface area contributed by atoms with Crippen molar-refractivity contribution in [2.75, 3.05) is 7.11 Å². The largest absolute Gasteiger partial charge is 0.467 e. The van der Waals surface area contributed by atoms with Crippen molar-refractivity contribution in [3.05, 3.63) is 36.0 Å². The Bertz CT molecular complexity index is 693. The van der Waals surface area contributed by atoms with Crippen molar-refractivity contribution >= 4 is 22.8 Å². The van der Waals surface area contributed by atoms with Crippen LogP contribution in [-0.4, -0.2) is 36.1 Å². The molecule has 0 aliphatic rings. The maximum Gasteiger partial charge on any atom is 0.328 e. The van der Waals surface area contributed by atoms with Gasteiger partial charge in [-0.25, -0.2) is 4.79 Å². The van der Waals surface area contributed by atoms with Gasteiger partial charge in [-0.05, 0) is 24.0 Å². The first kappa shape index (κ1) is 17.0. The third-order valence-electron chi connectivity index (χ3n) is 3.87. The number of rotatable bonds is 6. The molecule has 2 unspecified atom stereocenters. The van der Waals surface area contributed by atoms with Crippen molar-refractivity contribution in [1.29, 1.82) is 0 Å². The number of para-hydroxylation sites is 1. The molecule has 6 heteroatoms. The fraction of sp³-hybridized carbons (Fsp3) is 0.412. The Morgan fingerprint density at radius 3 is 2.65 bits per heavy atom. The number of aromatic nitrogens is 1. The minimum absolute atomic E-state index is 0.0771. The molecule has 0 fully saturated rings. The lowest BCUT2D eigenvalue weighted by molar-refractivity contribution is -0.146. The standard InChI is InChI=1S/C17H23N3O3/c1-10(2)15(17(22)23-3)20-16(21)13(18)8-11-9-19-14-7-5-4-6-12(11)14/h4-7,9-10,13,15,19H,8,18H2,1-3H3,(H,20,21). The fourth-order valence-electron chi connectivity index (χ4n) is 2.52. The normalized spacial score (nSPS) is 13.8.